The fourth-order valence-electron chi connectivity index (χ4n) is 8.54. The van der Waals surface area contributed by atoms with Gasteiger partial charge in [0.05, 0.1) is 16.7 Å². The number of alkyl halides is 3. The molecule has 0 saturated carbocycles. The van der Waals surface area contributed by atoms with Crippen molar-refractivity contribution in [2.45, 2.75) is 79.8 Å². The standard InChI is InChI=1S/C37H23F3N3O.C13H24O2.Ir/c1-36(2,37(38,39)40)19-20-9-10-23-24-11-13-42-34-27-16-22-7-4-3-6-21(22)15-25(27)26-18-32-28(33-31(44-32)8-5-12-41-33)17-30(26)43(35(24)34)29(23)14-20;1-5-10(6-2)12(14)9-13(15)11(7-3)8-4;/h3-15,17-18H,19H2,1-2H3;9-11,14H,5-8H2,1-4H3;/q-1;;/b;12-9-;. The number of aliphatic hydroxyl groups is 1. The zero-order valence-corrected chi connectivity index (χ0v) is 36.9. The third kappa shape index (κ3) is 7.43. The van der Waals surface area contributed by atoms with E-state index < -0.39 is 11.6 Å². The van der Waals surface area contributed by atoms with Gasteiger partial charge in [-0.2, -0.15) is 13.2 Å². The largest absolute Gasteiger partial charge is 0.512 e. The molecule has 0 unspecified atom stereocenters. The molecule has 8 aromatic rings. The summed E-state index contributed by atoms with van der Waals surface area (Å²) in [5.74, 6) is 0.547. The molecule has 60 heavy (non-hydrogen) atoms. The number of halogens is 3. The molecule has 1 radical (unpaired) electrons. The molecule has 1 aliphatic heterocycles. The monoisotopic (exact) mass is 987 g/mol. The molecule has 5 heterocycles. The van der Waals surface area contributed by atoms with Crippen molar-refractivity contribution < 1.29 is 47.6 Å². The van der Waals surface area contributed by atoms with Crippen LogP contribution in [0.1, 0.15) is 72.8 Å². The number of pyridine rings is 2. The van der Waals surface area contributed by atoms with Crippen molar-refractivity contribution in [3.8, 4) is 28.1 Å². The van der Waals surface area contributed by atoms with Crippen molar-refractivity contribution in [3.05, 3.63) is 115 Å². The molecule has 0 saturated heterocycles. The summed E-state index contributed by atoms with van der Waals surface area (Å²) in [6, 6.07) is 29.5. The first-order valence-corrected chi connectivity index (χ1v) is 20.5. The molecule has 1 N–H and O–H groups in total. The average molecular weight is 987 g/mol. The molecule has 9 rings (SSSR count). The summed E-state index contributed by atoms with van der Waals surface area (Å²) in [5.41, 5.74) is 7.00. The second kappa shape index (κ2) is 16.6. The van der Waals surface area contributed by atoms with Crippen molar-refractivity contribution >= 4 is 60.4 Å². The normalized spacial score (nSPS) is 12.8. The predicted octanol–water partition coefficient (Wildman–Crippen LogP) is 14.1. The van der Waals surface area contributed by atoms with Gasteiger partial charge >= 0.3 is 6.18 Å². The molecule has 0 bridgehead atoms. The predicted molar refractivity (Wildman–Crippen MR) is 232 cm³/mol. The molecule has 4 aromatic heterocycles. The summed E-state index contributed by atoms with van der Waals surface area (Å²) in [6.45, 7) is 10.6. The Labute approximate surface area is 360 Å². The zero-order chi connectivity index (χ0) is 41.8. The number of hydrogen-bond donors (Lipinski definition) is 1. The minimum Gasteiger partial charge on any atom is -0.512 e. The summed E-state index contributed by atoms with van der Waals surface area (Å²) in [6.07, 6.45) is 3.98. The molecule has 1 aliphatic rings. The van der Waals surface area contributed by atoms with Crippen molar-refractivity contribution in [1.82, 2.24) is 14.5 Å². The van der Waals surface area contributed by atoms with E-state index in [2.05, 4.69) is 33.8 Å². The SMILES string of the molecule is CC(C)(Cc1ccc2c3ccnc4c3n(c2c1)-c1cc2c(cc1-c1cc3ccccc3[c-]c1-4)oc1cccnc12)C(F)(F)F.CCC(CC)C(=O)/C=C(\O)C(CC)CC.[Ir]. The first-order chi connectivity index (χ1) is 28.3. The van der Waals surface area contributed by atoms with Gasteiger partial charge in [-0.1, -0.05) is 88.4 Å². The minimum atomic E-state index is -4.33. The number of aromatic nitrogens is 3. The topological polar surface area (TPSA) is 81.2 Å². The van der Waals surface area contributed by atoms with Gasteiger partial charge in [-0.05, 0) is 79.6 Å². The number of rotatable bonds is 9. The second-order valence-corrected chi connectivity index (χ2v) is 16.3. The van der Waals surface area contributed by atoms with Crippen LogP contribution in [-0.2, 0) is 31.3 Å². The third-order valence-electron chi connectivity index (χ3n) is 12.1. The summed E-state index contributed by atoms with van der Waals surface area (Å²) >= 11 is 0. The van der Waals surface area contributed by atoms with Crippen LogP contribution in [0.25, 0.3) is 82.7 Å². The summed E-state index contributed by atoms with van der Waals surface area (Å²) in [5, 5.41) is 14.6. The quantitative estimate of drug-likeness (QED) is 0.0885. The summed E-state index contributed by atoms with van der Waals surface area (Å²) < 4.78 is 50.3. The van der Waals surface area contributed by atoms with E-state index in [1.807, 2.05) is 88.4 Å². The number of benzene rings is 4. The first kappa shape index (κ1) is 42.8. The van der Waals surface area contributed by atoms with E-state index in [1.54, 1.807) is 12.4 Å². The van der Waals surface area contributed by atoms with Gasteiger partial charge in [0.1, 0.15) is 11.1 Å². The molecule has 0 spiro atoms. The van der Waals surface area contributed by atoms with Crippen LogP contribution in [0.15, 0.2) is 108 Å². The summed E-state index contributed by atoms with van der Waals surface area (Å²) in [4.78, 5) is 21.2. The number of fused-ring (bicyclic) bond motifs is 12. The first-order valence-electron chi connectivity index (χ1n) is 20.5. The molecule has 0 atom stereocenters. The molecule has 0 aliphatic carbocycles. The van der Waals surface area contributed by atoms with E-state index in [0.717, 1.165) is 97.2 Å². The Kier molecular flexibility index (Phi) is 11.9. The molecule has 0 fully saturated rings. The number of aliphatic hydroxyl groups excluding tert-OH is 1. The Hall–Kier alpha value is -5.31. The number of carbonyl (C=O) groups is 1. The van der Waals surface area contributed by atoms with Gasteiger partial charge in [0.15, 0.2) is 11.4 Å². The van der Waals surface area contributed by atoms with Crippen molar-refractivity contribution in [1.29, 1.82) is 0 Å². The van der Waals surface area contributed by atoms with Crippen molar-refractivity contribution in [2.75, 3.05) is 0 Å². The zero-order valence-electron chi connectivity index (χ0n) is 34.5. The average Bonchev–Trinajstić information content (AvgIpc) is 3.71. The van der Waals surface area contributed by atoms with E-state index in [-0.39, 0.29) is 49.9 Å². The Balaban J connectivity index is 0.000000294. The van der Waals surface area contributed by atoms with Gasteiger partial charge in [-0.25, -0.2) is 0 Å². The number of nitrogens with zero attached hydrogens (tertiary/aromatic N) is 3. The van der Waals surface area contributed by atoms with Crippen molar-refractivity contribution in [2.24, 2.45) is 17.3 Å². The number of furan rings is 1. The summed E-state index contributed by atoms with van der Waals surface area (Å²) in [7, 11) is 0. The van der Waals surface area contributed by atoms with Crippen LogP contribution >= 0.6 is 0 Å². The molecule has 311 valence electrons. The maximum Gasteiger partial charge on any atom is 0.394 e. The van der Waals surface area contributed by atoms with Crippen LogP contribution in [0, 0.1) is 23.3 Å². The van der Waals surface area contributed by atoms with Gasteiger partial charge in [0.25, 0.3) is 0 Å². The molecule has 4 aromatic carbocycles. The van der Waals surface area contributed by atoms with Gasteiger partial charge in [0.2, 0.25) is 0 Å². The van der Waals surface area contributed by atoms with Crippen molar-refractivity contribution in [3.63, 3.8) is 0 Å². The number of carbonyl (C=O) groups excluding carboxylic acids is 1. The van der Waals surface area contributed by atoms with E-state index in [0.29, 0.717) is 16.7 Å². The molecular formula is C50H47F3IrN3O3-. The van der Waals surface area contributed by atoms with Gasteiger partial charge in [0, 0.05) is 83.5 Å². The van der Waals surface area contributed by atoms with Crippen LogP contribution in [0.2, 0.25) is 0 Å². The van der Waals surface area contributed by atoms with E-state index in [1.165, 1.54) is 19.9 Å². The van der Waals surface area contributed by atoms with Gasteiger partial charge in [-0.3, -0.25) is 14.8 Å². The van der Waals surface area contributed by atoms with Crippen LogP contribution < -0.4 is 0 Å². The second-order valence-electron chi connectivity index (χ2n) is 16.3. The van der Waals surface area contributed by atoms with E-state index in [4.69, 9.17) is 9.40 Å². The van der Waals surface area contributed by atoms with Crippen LogP contribution in [-0.4, -0.2) is 31.6 Å². The third-order valence-corrected chi connectivity index (χ3v) is 12.1. The molecule has 0 amide bonds. The fourth-order valence-corrected chi connectivity index (χ4v) is 8.54. The molecular weight excluding hydrogens is 940 g/mol. The van der Waals surface area contributed by atoms with Crippen LogP contribution in [0.3, 0.4) is 0 Å². The van der Waals surface area contributed by atoms with E-state index in [9.17, 15) is 23.1 Å². The van der Waals surface area contributed by atoms with Gasteiger partial charge < -0.3 is 14.1 Å². The minimum absolute atomic E-state index is 0. The molecule has 10 heteroatoms. The Morgan fingerprint density at radius 2 is 1.55 bits per heavy atom. The van der Waals surface area contributed by atoms with Crippen LogP contribution in [0.4, 0.5) is 13.2 Å². The Bertz CT molecular complexity index is 2930. The van der Waals surface area contributed by atoms with E-state index >= 15 is 0 Å². The fraction of sp³-hybridized carbons (Fsp3) is 0.300. The Morgan fingerprint density at radius 1 is 0.817 bits per heavy atom. The molecule has 6 nitrogen and oxygen atoms in total. The number of ketones is 1. The Morgan fingerprint density at radius 3 is 2.27 bits per heavy atom. The van der Waals surface area contributed by atoms with Crippen LogP contribution in [0.5, 0.6) is 0 Å². The number of hydrogen-bond acceptors (Lipinski definition) is 5. The maximum absolute atomic E-state index is 13.9. The smallest absolute Gasteiger partial charge is 0.394 e. The number of allylic oxidation sites excluding steroid dienone is 2. The van der Waals surface area contributed by atoms with Gasteiger partial charge in [-0.15, -0.1) is 23.6 Å². The maximum atomic E-state index is 13.9.